The van der Waals surface area contributed by atoms with Gasteiger partial charge in [0.25, 0.3) is 11.8 Å². The highest BCUT2D eigenvalue weighted by Gasteiger charge is 2.26. The first kappa shape index (κ1) is 16.5. The molecule has 0 aliphatic carbocycles. The molecule has 3 aromatic rings. The molecule has 2 heterocycles. The van der Waals surface area contributed by atoms with Crippen molar-refractivity contribution in [2.24, 2.45) is 0 Å². The smallest absolute Gasteiger partial charge is 0.291 e. The van der Waals surface area contributed by atoms with Crippen molar-refractivity contribution >= 4 is 35.0 Å². The van der Waals surface area contributed by atoms with Gasteiger partial charge in [0.05, 0.1) is 17.5 Å². The Morgan fingerprint density at radius 3 is 2.73 bits per heavy atom. The first-order valence-corrected chi connectivity index (χ1v) is 9.06. The zero-order chi connectivity index (χ0) is 18.1. The van der Waals surface area contributed by atoms with Gasteiger partial charge in [-0.2, -0.15) is 0 Å². The molecule has 0 unspecified atom stereocenters. The summed E-state index contributed by atoms with van der Waals surface area (Å²) in [5.41, 5.74) is 2.19. The van der Waals surface area contributed by atoms with Crippen molar-refractivity contribution in [2.45, 2.75) is 16.7 Å². The number of anilines is 2. The van der Waals surface area contributed by atoms with E-state index in [0.717, 1.165) is 15.5 Å². The molecule has 0 bridgehead atoms. The first-order valence-electron chi connectivity index (χ1n) is 8.25. The van der Waals surface area contributed by atoms with Crippen molar-refractivity contribution in [3.05, 3.63) is 72.2 Å². The summed E-state index contributed by atoms with van der Waals surface area (Å²) < 4.78 is 5.13. The Labute approximate surface area is 155 Å². The van der Waals surface area contributed by atoms with Crippen LogP contribution in [0.25, 0.3) is 0 Å². The Kier molecular flexibility index (Phi) is 4.26. The molecule has 0 saturated carbocycles. The fourth-order valence-electron chi connectivity index (χ4n) is 2.92. The van der Waals surface area contributed by atoms with E-state index in [-0.39, 0.29) is 17.6 Å². The van der Waals surface area contributed by atoms with Crippen LogP contribution in [0.15, 0.2) is 75.1 Å². The normalized spacial score (nSPS) is 13.0. The molecule has 130 valence electrons. The fourth-order valence-corrected chi connectivity index (χ4v) is 4.03. The monoisotopic (exact) mass is 364 g/mol. The largest absolute Gasteiger partial charge is 0.459 e. The highest BCUT2D eigenvalue weighted by Crippen LogP contribution is 2.42. The minimum Gasteiger partial charge on any atom is -0.459 e. The van der Waals surface area contributed by atoms with Gasteiger partial charge in [-0.3, -0.25) is 9.59 Å². The highest BCUT2D eigenvalue weighted by atomic mass is 32.2. The number of carbonyl (C=O) groups is 2. The molecule has 0 radical (unpaired) electrons. The van der Waals surface area contributed by atoms with E-state index >= 15 is 0 Å². The van der Waals surface area contributed by atoms with E-state index in [4.69, 9.17) is 4.42 Å². The van der Waals surface area contributed by atoms with Gasteiger partial charge >= 0.3 is 0 Å². The Morgan fingerprint density at radius 2 is 1.96 bits per heavy atom. The Morgan fingerprint density at radius 1 is 1.12 bits per heavy atom. The maximum Gasteiger partial charge on any atom is 0.291 e. The Balaban J connectivity index is 1.72. The van der Waals surface area contributed by atoms with Crippen LogP contribution in [0.2, 0.25) is 0 Å². The summed E-state index contributed by atoms with van der Waals surface area (Å²) in [6.45, 7) is 2.52. The lowest BCUT2D eigenvalue weighted by molar-refractivity contribution is 0.0981. The van der Waals surface area contributed by atoms with Gasteiger partial charge in [0.2, 0.25) is 0 Å². The summed E-state index contributed by atoms with van der Waals surface area (Å²) in [5.74, 6) is -0.0672. The number of nitrogens with zero attached hydrogens (tertiary/aromatic N) is 1. The van der Waals surface area contributed by atoms with Crippen LogP contribution >= 0.6 is 11.8 Å². The Bertz CT molecular complexity index is 982. The van der Waals surface area contributed by atoms with Crippen molar-refractivity contribution < 1.29 is 14.0 Å². The van der Waals surface area contributed by atoms with Crippen molar-refractivity contribution in [3.63, 3.8) is 0 Å². The lowest BCUT2D eigenvalue weighted by atomic mass is 10.1. The van der Waals surface area contributed by atoms with E-state index in [0.29, 0.717) is 17.8 Å². The van der Waals surface area contributed by atoms with Gasteiger partial charge in [-0.1, -0.05) is 23.9 Å². The van der Waals surface area contributed by atoms with Crippen LogP contribution in [-0.4, -0.2) is 18.4 Å². The van der Waals surface area contributed by atoms with Crippen molar-refractivity contribution in [1.82, 2.24) is 0 Å². The van der Waals surface area contributed by atoms with Gasteiger partial charge in [-0.25, -0.2) is 0 Å². The number of benzene rings is 2. The summed E-state index contributed by atoms with van der Waals surface area (Å²) in [4.78, 5) is 28.7. The number of amides is 2. The topological polar surface area (TPSA) is 62.6 Å². The number of hydrogen-bond donors (Lipinski definition) is 1. The minimum absolute atomic E-state index is 0.0123. The Hall–Kier alpha value is -2.99. The average Bonchev–Trinajstić information content (AvgIpc) is 3.15. The van der Waals surface area contributed by atoms with Crippen LogP contribution < -0.4 is 10.2 Å². The summed E-state index contributed by atoms with van der Waals surface area (Å²) in [5, 5.41) is 2.83. The molecule has 1 aliphatic rings. The zero-order valence-electron chi connectivity index (χ0n) is 14.1. The molecule has 0 saturated heterocycles. The van der Waals surface area contributed by atoms with Gasteiger partial charge in [0, 0.05) is 22.0 Å². The van der Waals surface area contributed by atoms with Crippen LogP contribution in [0.5, 0.6) is 0 Å². The molecular formula is C20H16N2O3S. The summed E-state index contributed by atoms with van der Waals surface area (Å²) in [6, 6.07) is 16.4. The maximum atomic E-state index is 12.9. The lowest BCUT2D eigenvalue weighted by Gasteiger charge is -2.21. The van der Waals surface area contributed by atoms with Crippen LogP contribution in [0.1, 0.15) is 27.8 Å². The molecule has 0 fully saturated rings. The third kappa shape index (κ3) is 2.88. The molecule has 6 heteroatoms. The van der Waals surface area contributed by atoms with E-state index in [1.807, 2.05) is 43.3 Å². The molecule has 0 atom stereocenters. The molecule has 2 amide bonds. The van der Waals surface area contributed by atoms with Gasteiger partial charge in [0.15, 0.2) is 5.76 Å². The standard InChI is InChI=1S/C20H16N2O3S/c1-2-22-15-10-9-13(21-19(23)16-7-5-11-25-16)12-18(15)26-17-8-4-3-6-14(17)20(22)24/h3-12H,2H2,1H3,(H,21,23). The molecule has 2 aromatic carbocycles. The molecule has 5 nitrogen and oxygen atoms in total. The maximum absolute atomic E-state index is 12.9. The fraction of sp³-hybridized carbons (Fsp3) is 0.100. The van der Waals surface area contributed by atoms with Gasteiger partial charge in [-0.05, 0) is 49.4 Å². The average molecular weight is 364 g/mol. The van der Waals surface area contributed by atoms with Crippen LogP contribution in [0, 0.1) is 0 Å². The predicted molar refractivity (Wildman–Crippen MR) is 101 cm³/mol. The molecule has 26 heavy (non-hydrogen) atoms. The number of furan rings is 1. The molecular weight excluding hydrogens is 348 g/mol. The van der Waals surface area contributed by atoms with Crippen molar-refractivity contribution in [1.29, 1.82) is 0 Å². The molecule has 1 N–H and O–H groups in total. The summed E-state index contributed by atoms with van der Waals surface area (Å²) in [6.07, 6.45) is 1.46. The molecule has 4 rings (SSSR count). The van der Waals surface area contributed by atoms with E-state index in [1.54, 1.807) is 23.1 Å². The van der Waals surface area contributed by atoms with E-state index in [2.05, 4.69) is 5.32 Å². The predicted octanol–water partition coefficient (Wildman–Crippen LogP) is 4.66. The van der Waals surface area contributed by atoms with Crippen LogP contribution in [-0.2, 0) is 0 Å². The van der Waals surface area contributed by atoms with E-state index in [1.165, 1.54) is 18.0 Å². The summed E-state index contributed by atoms with van der Waals surface area (Å²) in [7, 11) is 0. The first-order chi connectivity index (χ1) is 12.7. The van der Waals surface area contributed by atoms with E-state index < -0.39 is 0 Å². The van der Waals surface area contributed by atoms with Gasteiger partial charge < -0.3 is 14.6 Å². The number of rotatable bonds is 3. The second kappa shape index (κ2) is 6.72. The van der Waals surface area contributed by atoms with Crippen molar-refractivity contribution in [3.8, 4) is 0 Å². The molecule has 1 aromatic heterocycles. The van der Waals surface area contributed by atoms with Gasteiger partial charge in [-0.15, -0.1) is 0 Å². The SMILES string of the molecule is CCN1C(=O)c2ccccc2Sc2cc(NC(=O)c3ccco3)ccc21. The second-order valence-electron chi connectivity index (χ2n) is 5.76. The quantitative estimate of drug-likeness (QED) is 0.734. The van der Waals surface area contributed by atoms with Crippen molar-refractivity contribution in [2.75, 3.05) is 16.8 Å². The lowest BCUT2D eigenvalue weighted by Crippen LogP contribution is -2.30. The number of nitrogens with one attached hydrogen (secondary N) is 1. The number of hydrogen-bond acceptors (Lipinski definition) is 4. The third-order valence-corrected chi connectivity index (χ3v) is 5.28. The second-order valence-corrected chi connectivity index (χ2v) is 6.85. The van der Waals surface area contributed by atoms with Crippen LogP contribution in [0.3, 0.4) is 0 Å². The zero-order valence-corrected chi connectivity index (χ0v) is 14.9. The highest BCUT2D eigenvalue weighted by molar-refractivity contribution is 7.99. The number of fused-ring (bicyclic) bond motifs is 2. The summed E-state index contributed by atoms with van der Waals surface area (Å²) >= 11 is 1.53. The minimum atomic E-state index is -0.308. The molecule has 1 aliphatic heterocycles. The molecule has 0 spiro atoms. The van der Waals surface area contributed by atoms with Gasteiger partial charge in [0.1, 0.15) is 0 Å². The number of carbonyl (C=O) groups excluding carboxylic acids is 2. The third-order valence-electron chi connectivity index (χ3n) is 4.15. The van der Waals surface area contributed by atoms with Crippen LogP contribution in [0.4, 0.5) is 11.4 Å². The van der Waals surface area contributed by atoms with E-state index in [9.17, 15) is 9.59 Å².